The molecule has 4 heteroatoms. The van der Waals surface area contributed by atoms with Crippen molar-refractivity contribution < 1.29 is 18.9 Å². The van der Waals surface area contributed by atoms with E-state index < -0.39 is 0 Å². The highest BCUT2D eigenvalue weighted by Crippen LogP contribution is 2.25. The third-order valence-corrected chi connectivity index (χ3v) is 4.47. The third kappa shape index (κ3) is 6.26. The van der Waals surface area contributed by atoms with Crippen LogP contribution in [0.4, 0.5) is 0 Å². The fourth-order valence-electron chi connectivity index (χ4n) is 2.51. The second-order valence-corrected chi connectivity index (χ2v) is 6.68. The first kappa shape index (κ1) is 20.1. The van der Waals surface area contributed by atoms with Crippen molar-refractivity contribution in [3.63, 3.8) is 0 Å². The van der Waals surface area contributed by atoms with E-state index in [9.17, 15) is 0 Å². The van der Waals surface area contributed by atoms with E-state index in [1.54, 1.807) is 7.11 Å². The fourth-order valence-corrected chi connectivity index (χ4v) is 2.51. The minimum atomic E-state index is -0.331. The van der Waals surface area contributed by atoms with E-state index in [4.69, 9.17) is 18.9 Å². The maximum Gasteiger partial charge on any atom is 0.197 e. The average molecular weight is 358 g/mol. The van der Waals surface area contributed by atoms with Gasteiger partial charge in [0, 0.05) is 0 Å². The summed E-state index contributed by atoms with van der Waals surface area (Å²) in [5.74, 6) is 3.57. The summed E-state index contributed by atoms with van der Waals surface area (Å²) in [6.45, 7) is 9.52. The quantitative estimate of drug-likeness (QED) is 0.428. The monoisotopic (exact) mass is 358 g/mol. The number of rotatable bonds is 10. The molecule has 26 heavy (non-hydrogen) atoms. The molecule has 2 aromatic rings. The van der Waals surface area contributed by atoms with Crippen LogP contribution in [0.15, 0.2) is 48.5 Å². The molecule has 0 aliphatic carbocycles. The minimum absolute atomic E-state index is 0.331. The van der Waals surface area contributed by atoms with Crippen LogP contribution in [0.5, 0.6) is 17.2 Å². The van der Waals surface area contributed by atoms with Crippen molar-refractivity contribution in [2.45, 2.75) is 39.9 Å². The van der Waals surface area contributed by atoms with Crippen molar-refractivity contribution in [1.29, 1.82) is 0 Å². The van der Waals surface area contributed by atoms with Crippen molar-refractivity contribution in [3.8, 4) is 17.2 Å². The van der Waals surface area contributed by atoms with Crippen LogP contribution < -0.4 is 14.2 Å². The molecule has 142 valence electrons. The lowest BCUT2D eigenvalue weighted by atomic mass is 9.90. The highest BCUT2D eigenvalue weighted by molar-refractivity contribution is 5.31. The Labute approximate surface area is 157 Å². The summed E-state index contributed by atoms with van der Waals surface area (Å²) in [5.41, 5.74) is 1.33. The average Bonchev–Trinajstić information content (AvgIpc) is 2.65. The Morgan fingerprint density at radius 2 is 1.31 bits per heavy atom. The van der Waals surface area contributed by atoms with Crippen molar-refractivity contribution in [1.82, 2.24) is 0 Å². The highest BCUT2D eigenvalue weighted by atomic mass is 16.7. The van der Waals surface area contributed by atoms with E-state index in [0.717, 1.165) is 17.2 Å². The van der Waals surface area contributed by atoms with E-state index in [-0.39, 0.29) is 6.29 Å². The number of methoxy groups -OCH3 is 1. The molecule has 0 bridgehead atoms. The molecular formula is C22H30O4. The zero-order valence-corrected chi connectivity index (χ0v) is 16.4. The Hall–Kier alpha value is -2.20. The summed E-state index contributed by atoms with van der Waals surface area (Å²) in [7, 11) is 1.64. The molecule has 0 saturated heterocycles. The second-order valence-electron chi connectivity index (χ2n) is 6.68. The van der Waals surface area contributed by atoms with Crippen molar-refractivity contribution in [2.75, 3.05) is 20.3 Å². The normalized spacial score (nSPS) is 13.3. The standard InChI is InChI=1S/C22H30O4/c1-16(2)17(3)19-6-8-22(9-7-19)26-18(4)24-14-15-25-21-12-10-20(23-5)11-13-21/h6-13,16-18H,14-15H2,1-5H3. The van der Waals surface area contributed by atoms with Crippen LogP contribution >= 0.6 is 0 Å². The van der Waals surface area contributed by atoms with E-state index in [0.29, 0.717) is 25.0 Å². The Kier molecular flexibility index (Phi) is 7.79. The molecule has 0 aliphatic rings. The second kappa shape index (κ2) is 10.1. The predicted molar refractivity (Wildman–Crippen MR) is 104 cm³/mol. The number of benzene rings is 2. The topological polar surface area (TPSA) is 36.9 Å². The van der Waals surface area contributed by atoms with Crippen LogP contribution in [0.1, 0.15) is 39.2 Å². The van der Waals surface area contributed by atoms with Crippen LogP contribution in [-0.2, 0) is 4.74 Å². The molecule has 0 heterocycles. The zero-order valence-electron chi connectivity index (χ0n) is 16.4. The van der Waals surface area contributed by atoms with Gasteiger partial charge >= 0.3 is 0 Å². The predicted octanol–water partition coefficient (Wildman–Crippen LogP) is 5.28. The van der Waals surface area contributed by atoms with Crippen LogP contribution in [0.25, 0.3) is 0 Å². The van der Waals surface area contributed by atoms with Gasteiger partial charge in [0.15, 0.2) is 6.29 Å². The maximum absolute atomic E-state index is 5.80. The first-order valence-electron chi connectivity index (χ1n) is 9.14. The number of hydrogen-bond donors (Lipinski definition) is 0. The summed E-state index contributed by atoms with van der Waals surface area (Å²) >= 11 is 0. The van der Waals surface area contributed by atoms with Gasteiger partial charge in [-0.1, -0.05) is 32.9 Å². The Balaban J connectivity index is 1.70. The Morgan fingerprint density at radius 3 is 1.88 bits per heavy atom. The SMILES string of the molecule is COc1ccc(OCCOC(C)Oc2ccc(C(C)C(C)C)cc2)cc1. The van der Waals surface area contributed by atoms with Gasteiger partial charge in [0.2, 0.25) is 0 Å². The molecule has 0 fully saturated rings. The number of ether oxygens (including phenoxy) is 4. The highest BCUT2D eigenvalue weighted by Gasteiger charge is 2.10. The lowest BCUT2D eigenvalue weighted by Gasteiger charge is -2.18. The van der Waals surface area contributed by atoms with E-state index >= 15 is 0 Å². The molecule has 0 amide bonds. The molecule has 0 N–H and O–H groups in total. The smallest absolute Gasteiger partial charge is 0.197 e. The van der Waals surface area contributed by atoms with Gasteiger partial charge in [0.1, 0.15) is 23.9 Å². The molecule has 0 aromatic heterocycles. The summed E-state index contributed by atoms with van der Waals surface area (Å²) in [4.78, 5) is 0. The Morgan fingerprint density at radius 1 is 0.731 bits per heavy atom. The molecule has 2 atom stereocenters. The summed E-state index contributed by atoms with van der Waals surface area (Å²) in [5, 5.41) is 0. The summed E-state index contributed by atoms with van der Waals surface area (Å²) < 4.78 is 22.2. The molecular weight excluding hydrogens is 328 g/mol. The van der Waals surface area contributed by atoms with Crippen molar-refractivity contribution in [3.05, 3.63) is 54.1 Å². The van der Waals surface area contributed by atoms with Gasteiger partial charge in [-0.15, -0.1) is 0 Å². The lowest BCUT2D eigenvalue weighted by Crippen LogP contribution is -2.19. The van der Waals surface area contributed by atoms with Gasteiger partial charge in [0.05, 0.1) is 13.7 Å². The molecule has 0 saturated carbocycles. The molecule has 2 unspecified atom stereocenters. The fraction of sp³-hybridized carbons (Fsp3) is 0.455. The molecule has 4 nitrogen and oxygen atoms in total. The van der Waals surface area contributed by atoms with Crippen LogP contribution in [0.3, 0.4) is 0 Å². The van der Waals surface area contributed by atoms with Crippen LogP contribution in [0.2, 0.25) is 0 Å². The van der Waals surface area contributed by atoms with Gasteiger partial charge in [-0.3, -0.25) is 0 Å². The van der Waals surface area contributed by atoms with Crippen LogP contribution in [0, 0.1) is 5.92 Å². The van der Waals surface area contributed by atoms with Gasteiger partial charge in [-0.25, -0.2) is 0 Å². The molecule has 0 radical (unpaired) electrons. The molecule has 0 aliphatic heterocycles. The van der Waals surface area contributed by atoms with Gasteiger partial charge < -0.3 is 18.9 Å². The summed E-state index contributed by atoms with van der Waals surface area (Å²) in [6, 6.07) is 15.7. The van der Waals surface area contributed by atoms with E-state index in [1.807, 2.05) is 43.3 Å². The third-order valence-electron chi connectivity index (χ3n) is 4.47. The van der Waals surface area contributed by atoms with Crippen molar-refractivity contribution >= 4 is 0 Å². The van der Waals surface area contributed by atoms with Crippen LogP contribution in [-0.4, -0.2) is 26.6 Å². The van der Waals surface area contributed by atoms with Gasteiger partial charge in [0.25, 0.3) is 0 Å². The molecule has 0 spiro atoms. The molecule has 2 rings (SSSR count). The first-order valence-corrected chi connectivity index (χ1v) is 9.14. The van der Waals surface area contributed by atoms with Crippen molar-refractivity contribution in [2.24, 2.45) is 5.92 Å². The van der Waals surface area contributed by atoms with E-state index in [1.165, 1.54) is 5.56 Å². The zero-order chi connectivity index (χ0) is 18.9. The van der Waals surface area contributed by atoms with E-state index in [2.05, 4.69) is 32.9 Å². The lowest BCUT2D eigenvalue weighted by molar-refractivity contribution is -0.0739. The number of hydrogen-bond acceptors (Lipinski definition) is 4. The van der Waals surface area contributed by atoms with Gasteiger partial charge in [-0.05, 0) is 60.7 Å². The summed E-state index contributed by atoms with van der Waals surface area (Å²) in [6.07, 6.45) is -0.331. The Bertz CT molecular complexity index is 634. The maximum atomic E-state index is 5.80. The minimum Gasteiger partial charge on any atom is -0.497 e. The largest absolute Gasteiger partial charge is 0.497 e. The van der Waals surface area contributed by atoms with Gasteiger partial charge in [-0.2, -0.15) is 0 Å². The first-order chi connectivity index (χ1) is 12.5. The molecule has 2 aromatic carbocycles.